The van der Waals surface area contributed by atoms with Crippen LogP contribution < -0.4 is 10.7 Å². The Morgan fingerprint density at radius 3 is 2.40 bits per heavy atom. The van der Waals surface area contributed by atoms with Gasteiger partial charge in [0.2, 0.25) is 0 Å². The molecule has 3 heterocycles. The Labute approximate surface area is 174 Å². The predicted octanol–water partition coefficient (Wildman–Crippen LogP) is 1.42. The maximum absolute atomic E-state index is 13.0. The molecule has 2 saturated heterocycles. The van der Waals surface area contributed by atoms with E-state index < -0.39 is 11.6 Å². The number of carbonyl (C=O) groups excluding carboxylic acids is 3. The van der Waals surface area contributed by atoms with Crippen LogP contribution in [-0.4, -0.2) is 50.8 Å². The average molecular weight is 408 g/mol. The molecule has 1 spiro atoms. The standard InChI is InChI=1S/C22H24N4O4/c1-15-12-17(27)13-18(24(15)2)19(28)25-10-8-22(9-11-25)20(29)23-21(30)26(22)14-16-6-4-3-5-7-16/h3-7,12-13H,8-11,14H2,1-2H3,(H,23,29,30). The van der Waals surface area contributed by atoms with Crippen LogP contribution in [0.4, 0.5) is 4.79 Å². The highest BCUT2D eigenvalue weighted by atomic mass is 16.2. The molecular formula is C22H24N4O4. The molecule has 0 aliphatic carbocycles. The number of pyridine rings is 1. The van der Waals surface area contributed by atoms with E-state index in [0.29, 0.717) is 43.9 Å². The molecule has 4 amide bonds. The molecule has 1 aromatic carbocycles. The lowest BCUT2D eigenvalue weighted by molar-refractivity contribution is -0.129. The van der Waals surface area contributed by atoms with E-state index in [1.165, 1.54) is 12.1 Å². The summed E-state index contributed by atoms with van der Waals surface area (Å²) in [5.41, 5.74) is 0.799. The summed E-state index contributed by atoms with van der Waals surface area (Å²) in [5, 5.41) is 2.45. The number of urea groups is 1. The second kappa shape index (κ2) is 7.44. The van der Waals surface area contributed by atoms with Crippen molar-refractivity contribution in [2.75, 3.05) is 13.1 Å². The molecule has 8 nitrogen and oxygen atoms in total. The van der Waals surface area contributed by atoms with Gasteiger partial charge in [-0.3, -0.25) is 19.7 Å². The summed E-state index contributed by atoms with van der Waals surface area (Å²) >= 11 is 0. The number of imide groups is 1. The van der Waals surface area contributed by atoms with Crippen molar-refractivity contribution in [1.82, 2.24) is 19.7 Å². The molecule has 0 bridgehead atoms. The molecule has 2 aromatic rings. The van der Waals surface area contributed by atoms with Gasteiger partial charge in [0.15, 0.2) is 5.43 Å². The van der Waals surface area contributed by atoms with E-state index in [-0.39, 0.29) is 17.2 Å². The summed E-state index contributed by atoms with van der Waals surface area (Å²) in [4.78, 5) is 53.4. The lowest BCUT2D eigenvalue weighted by Gasteiger charge is -2.42. The molecule has 8 heteroatoms. The van der Waals surface area contributed by atoms with Gasteiger partial charge in [-0.05, 0) is 25.3 Å². The van der Waals surface area contributed by atoms with Crippen LogP contribution in [0.5, 0.6) is 0 Å². The van der Waals surface area contributed by atoms with Crippen LogP contribution in [0.15, 0.2) is 47.3 Å². The number of benzene rings is 1. The van der Waals surface area contributed by atoms with Crippen molar-refractivity contribution in [3.63, 3.8) is 0 Å². The number of nitrogens with one attached hydrogen (secondary N) is 1. The molecule has 2 aliphatic heterocycles. The first-order valence-electron chi connectivity index (χ1n) is 9.96. The van der Waals surface area contributed by atoms with Crippen molar-refractivity contribution in [3.8, 4) is 0 Å². The maximum Gasteiger partial charge on any atom is 0.325 e. The Kier molecular flexibility index (Phi) is 4.93. The van der Waals surface area contributed by atoms with Gasteiger partial charge in [0.05, 0.1) is 0 Å². The van der Waals surface area contributed by atoms with Crippen molar-refractivity contribution in [2.24, 2.45) is 7.05 Å². The molecular weight excluding hydrogens is 384 g/mol. The number of rotatable bonds is 3. The lowest BCUT2D eigenvalue weighted by Crippen LogP contribution is -2.57. The third-order valence-electron chi connectivity index (χ3n) is 6.21. The van der Waals surface area contributed by atoms with E-state index in [0.717, 1.165) is 5.56 Å². The zero-order valence-electron chi connectivity index (χ0n) is 17.1. The number of hydrogen-bond acceptors (Lipinski definition) is 4. The van der Waals surface area contributed by atoms with Crippen LogP contribution >= 0.6 is 0 Å². The van der Waals surface area contributed by atoms with Gasteiger partial charge < -0.3 is 14.4 Å². The Morgan fingerprint density at radius 2 is 1.73 bits per heavy atom. The monoisotopic (exact) mass is 408 g/mol. The summed E-state index contributed by atoms with van der Waals surface area (Å²) < 4.78 is 1.70. The topological polar surface area (TPSA) is 91.7 Å². The second-order valence-corrected chi connectivity index (χ2v) is 7.93. The van der Waals surface area contributed by atoms with Gasteiger partial charge in [0.25, 0.3) is 11.8 Å². The van der Waals surface area contributed by atoms with Crippen LogP contribution in [0.3, 0.4) is 0 Å². The first-order valence-corrected chi connectivity index (χ1v) is 9.96. The van der Waals surface area contributed by atoms with Crippen LogP contribution in [0, 0.1) is 6.92 Å². The van der Waals surface area contributed by atoms with E-state index in [9.17, 15) is 19.2 Å². The molecule has 1 aromatic heterocycles. The third kappa shape index (κ3) is 3.28. The number of aryl methyl sites for hydroxylation is 1. The zero-order chi connectivity index (χ0) is 21.5. The molecule has 2 aliphatic rings. The molecule has 0 radical (unpaired) electrons. The number of nitrogens with zero attached hydrogens (tertiary/aromatic N) is 3. The molecule has 0 saturated carbocycles. The Balaban J connectivity index is 1.55. The SMILES string of the molecule is Cc1cc(=O)cc(C(=O)N2CCC3(CC2)C(=O)NC(=O)N3Cc2ccccc2)n1C. The predicted molar refractivity (Wildman–Crippen MR) is 110 cm³/mol. The summed E-state index contributed by atoms with van der Waals surface area (Å²) in [7, 11) is 1.75. The Morgan fingerprint density at radius 1 is 1.07 bits per heavy atom. The van der Waals surface area contributed by atoms with Gasteiger partial charge in [0, 0.05) is 44.5 Å². The number of hydrogen-bond donors (Lipinski definition) is 1. The molecule has 2 fully saturated rings. The number of likely N-dealkylation sites (tertiary alicyclic amines) is 1. The van der Waals surface area contributed by atoms with E-state index in [4.69, 9.17) is 0 Å². The van der Waals surface area contributed by atoms with Crippen LogP contribution in [0.1, 0.15) is 34.6 Å². The average Bonchev–Trinajstić information content (AvgIpc) is 2.95. The van der Waals surface area contributed by atoms with Gasteiger partial charge in [0.1, 0.15) is 11.2 Å². The van der Waals surface area contributed by atoms with Crippen LogP contribution in [-0.2, 0) is 18.4 Å². The van der Waals surface area contributed by atoms with Gasteiger partial charge in [-0.2, -0.15) is 0 Å². The molecule has 0 unspecified atom stereocenters. The van der Waals surface area contributed by atoms with Gasteiger partial charge in [-0.15, -0.1) is 0 Å². The van der Waals surface area contributed by atoms with Gasteiger partial charge in [-0.25, -0.2) is 4.79 Å². The van der Waals surface area contributed by atoms with Crippen molar-refractivity contribution >= 4 is 17.8 Å². The van der Waals surface area contributed by atoms with E-state index in [2.05, 4.69) is 5.32 Å². The number of carbonyl (C=O) groups is 3. The number of piperidine rings is 1. The first-order chi connectivity index (χ1) is 14.3. The molecule has 0 atom stereocenters. The van der Waals surface area contributed by atoms with Crippen molar-refractivity contribution in [3.05, 3.63) is 69.6 Å². The largest absolute Gasteiger partial charge is 0.344 e. The second-order valence-electron chi connectivity index (χ2n) is 7.93. The third-order valence-corrected chi connectivity index (χ3v) is 6.21. The highest BCUT2D eigenvalue weighted by Gasteiger charge is 2.54. The van der Waals surface area contributed by atoms with Crippen LogP contribution in [0.2, 0.25) is 0 Å². The number of amides is 4. The Hall–Kier alpha value is -3.42. The van der Waals surface area contributed by atoms with E-state index >= 15 is 0 Å². The fourth-order valence-corrected chi connectivity index (χ4v) is 4.30. The van der Waals surface area contributed by atoms with Gasteiger partial charge >= 0.3 is 6.03 Å². The quantitative estimate of drug-likeness (QED) is 0.778. The minimum atomic E-state index is -0.956. The van der Waals surface area contributed by atoms with Crippen molar-refractivity contribution in [2.45, 2.75) is 31.8 Å². The molecule has 4 rings (SSSR count). The van der Waals surface area contributed by atoms with E-state index in [1.54, 1.807) is 28.3 Å². The molecule has 1 N–H and O–H groups in total. The summed E-state index contributed by atoms with van der Waals surface area (Å²) in [5.74, 6) is -0.550. The highest BCUT2D eigenvalue weighted by Crippen LogP contribution is 2.35. The minimum absolute atomic E-state index is 0.211. The minimum Gasteiger partial charge on any atom is -0.344 e. The highest BCUT2D eigenvalue weighted by molar-refractivity contribution is 6.07. The molecule has 156 valence electrons. The summed E-state index contributed by atoms with van der Waals surface area (Å²) in [6.45, 7) is 2.76. The van der Waals surface area contributed by atoms with Crippen molar-refractivity contribution in [1.29, 1.82) is 0 Å². The van der Waals surface area contributed by atoms with Crippen LogP contribution in [0.25, 0.3) is 0 Å². The van der Waals surface area contributed by atoms with E-state index in [1.807, 2.05) is 30.3 Å². The summed E-state index contributed by atoms with van der Waals surface area (Å²) in [6.07, 6.45) is 0.700. The van der Waals surface area contributed by atoms with Gasteiger partial charge in [-0.1, -0.05) is 30.3 Å². The van der Waals surface area contributed by atoms with Crippen molar-refractivity contribution < 1.29 is 14.4 Å². The molecule has 30 heavy (non-hydrogen) atoms. The fourth-order valence-electron chi connectivity index (χ4n) is 4.30. The lowest BCUT2D eigenvalue weighted by atomic mass is 9.85. The normalized spacial score (nSPS) is 18.1. The first kappa shape index (κ1) is 19.9. The zero-order valence-corrected chi connectivity index (χ0v) is 17.1. The number of aromatic nitrogens is 1. The fraction of sp³-hybridized carbons (Fsp3) is 0.364. The Bertz CT molecular complexity index is 1070. The smallest absolute Gasteiger partial charge is 0.325 e. The summed E-state index contributed by atoms with van der Waals surface area (Å²) in [6, 6.07) is 11.9. The maximum atomic E-state index is 13.0.